The van der Waals surface area contributed by atoms with Gasteiger partial charge >= 0.3 is 5.97 Å². The second-order valence-electron chi connectivity index (χ2n) is 8.27. The topological polar surface area (TPSA) is 114 Å². The van der Waals surface area contributed by atoms with Crippen LogP contribution in [-0.4, -0.2) is 64.7 Å². The van der Waals surface area contributed by atoms with Crippen LogP contribution in [0.2, 0.25) is 0 Å². The third-order valence-corrected chi connectivity index (χ3v) is 7.52. The molecule has 2 aliphatic heterocycles. The lowest BCUT2D eigenvalue weighted by atomic mass is 10.1. The zero-order valence-electron chi connectivity index (χ0n) is 19.2. The fourth-order valence-corrected chi connectivity index (χ4v) is 4.71. The van der Waals surface area contributed by atoms with Crippen LogP contribution in [0.5, 0.6) is 11.5 Å². The number of nitrogens with zero attached hydrogens (tertiary/aromatic N) is 2. The van der Waals surface area contributed by atoms with Crippen molar-refractivity contribution < 1.29 is 32.2 Å². The molecule has 2 heterocycles. The van der Waals surface area contributed by atoms with Gasteiger partial charge in [0, 0.05) is 38.9 Å². The van der Waals surface area contributed by atoms with Crippen LogP contribution >= 0.6 is 0 Å². The maximum Gasteiger partial charge on any atom is 0.341 e. The molecule has 0 unspecified atom stereocenters. The normalized spacial score (nSPS) is 15.9. The van der Waals surface area contributed by atoms with E-state index < -0.39 is 28.0 Å². The Morgan fingerprint density at radius 2 is 1.76 bits per heavy atom. The highest BCUT2D eigenvalue weighted by atomic mass is 32.2. The molecule has 0 spiro atoms. The van der Waals surface area contributed by atoms with Crippen molar-refractivity contribution in [3.63, 3.8) is 0 Å². The number of ether oxygens (including phenoxy) is 3. The van der Waals surface area contributed by atoms with Gasteiger partial charge in [-0.1, -0.05) is 0 Å². The summed E-state index contributed by atoms with van der Waals surface area (Å²) in [4.78, 5) is 27.8. The van der Waals surface area contributed by atoms with Crippen LogP contribution in [-0.2, 0) is 19.6 Å². The largest absolute Gasteiger partial charge is 0.454 e. The van der Waals surface area contributed by atoms with Crippen molar-refractivity contribution in [2.45, 2.75) is 30.8 Å². The van der Waals surface area contributed by atoms with Crippen LogP contribution in [0.1, 0.15) is 30.1 Å². The minimum absolute atomic E-state index is 0.0233. The minimum atomic E-state index is -3.76. The van der Waals surface area contributed by atoms with E-state index in [1.165, 1.54) is 33.2 Å². The van der Waals surface area contributed by atoms with Gasteiger partial charge in [0.05, 0.1) is 16.1 Å². The molecule has 1 fully saturated rings. The predicted octanol–water partition coefficient (Wildman–Crippen LogP) is 2.45. The number of fused-ring (bicyclic) bond motifs is 1. The van der Waals surface area contributed by atoms with Gasteiger partial charge in [-0.2, -0.15) is 0 Å². The van der Waals surface area contributed by atoms with E-state index in [4.69, 9.17) is 14.2 Å². The SMILES string of the molecule is C[C@H](OC(=O)c1cc(S(=O)(=O)N(C)C)ccc1N1CCCC1)C(=O)Nc1ccc2c(c1)OCO2. The first-order valence-corrected chi connectivity index (χ1v) is 12.3. The fourth-order valence-electron chi connectivity index (χ4n) is 3.78. The van der Waals surface area contributed by atoms with Gasteiger partial charge in [-0.15, -0.1) is 0 Å². The van der Waals surface area contributed by atoms with Gasteiger partial charge in [-0.3, -0.25) is 4.79 Å². The average Bonchev–Trinajstić information content (AvgIpc) is 3.50. The average molecular weight is 490 g/mol. The van der Waals surface area contributed by atoms with Crippen molar-refractivity contribution in [2.24, 2.45) is 0 Å². The van der Waals surface area contributed by atoms with E-state index in [9.17, 15) is 18.0 Å². The zero-order valence-corrected chi connectivity index (χ0v) is 20.1. The Balaban J connectivity index is 1.54. The molecular weight excluding hydrogens is 462 g/mol. The zero-order chi connectivity index (χ0) is 24.5. The predicted molar refractivity (Wildman–Crippen MR) is 125 cm³/mol. The lowest BCUT2D eigenvalue weighted by molar-refractivity contribution is -0.123. The van der Waals surface area contributed by atoms with Crippen molar-refractivity contribution in [1.29, 1.82) is 0 Å². The number of amides is 1. The van der Waals surface area contributed by atoms with Crippen molar-refractivity contribution in [1.82, 2.24) is 4.31 Å². The highest BCUT2D eigenvalue weighted by molar-refractivity contribution is 7.89. The van der Waals surface area contributed by atoms with Crippen molar-refractivity contribution in [2.75, 3.05) is 44.2 Å². The summed E-state index contributed by atoms with van der Waals surface area (Å²) in [7, 11) is -0.916. The Labute approximate surface area is 198 Å². The van der Waals surface area contributed by atoms with Gasteiger partial charge in [0.2, 0.25) is 16.8 Å². The molecule has 1 atom stereocenters. The van der Waals surface area contributed by atoms with Crippen LogP contribution in [0.15, 0.2) is 41.3 Å². The number of hydrogen-bond acceptors (Lipinski definition) is 8. The molecule has 1 saturated heterocycles. The molecule has 4 rings (SSSR count). The first-order valence-electron chi connectivity index (χ1n) is 10.9. The molecule has 0 aliphatic carbocycles. The summed E-state index contributed by atoms with van der Waals surface area (Å²) in [6.45, 7) is 3.07. The summed E-state index contributed by atoms with van der Waals surface area (Å²) < 4.78 is 42.3. The van der Waals surface area contributed by atoms with E-state index in [1.807, 2.05) is 4.90 Å². The summed E-state index contributed by atoms with van der Waals surface area (Å²) in [5, 5.41) is 2.68. The lowest BCUT2D eigenvalue weighted by Gasteiger charge is -2.23. The molecule has 0 bridgehead atoms. The molecule has 2 aromatic carbocycles. The number of sulfonamides is 1. The summed E-state index contributed by atoms with van der Waals surface area (Å²) in [6.07, 6.45) is 0.819. The number of nitrogens with one attached hydrogen (secondary N) is 1. The summed E-state index contributed by atoms with van der Waals surface area (Å²) in [5.41, 5.74) is 1.16. The number of hydrogen-bond donors (Lipinski definition) is 1. The molecule has 10 nitrogen and oxygen atoms in total. The van der Waals surface area contributed by atoms with E-state index in [0.29, 0.717) is 22.9 Å². The van der Waals surface area contributed by atoms with Crippen molar-refractivity contribution in [3.05, 3.63) is 42.0 Å². The monoisotopic (exact) mass is 489 g/mol. The van der Waals surface area contributed by atoms with E-state index in [-0.39, 0.29) is 17.3 Å². The number of benzene rings is 2. The maximum atomic E-state index is 13.1. The van der Waals surface area contributed by atoms with Gasteiger partial charge < -0.3 is 24.4 Å². The highest BCUT2D eigenvalue weighted by Crippen LogP contribution is 2.34. The summed E-state index contributed by atoms with van der Waals surface area (Å²) in [6, 6.07) is 9.36. The smallest absolute Gasteiger partial charge is 0.341 e. The molecule has 1 N–H and O–H groups in total. The number of rotatable bonds is 7. The Morgan fingerprint density at radius 3 is 2.47 bits per heavy atom. The van der Waals surface area contributed by atoms with Gasteiger partial charge in [0.15, 0.2) is 17.6 Å². The Kier molecular flexibility index (Phi) is 6.67. The quantitative estimate of drug-likeness (QED) is 0.590. The Hall–Kier alpha value is -3.31. The summed E-state index contributed by atoms with van der Waals surface area (Å²) in [5.74, 6) is -0.214. The molecule has 0 radical (unpaired) electrons. The molecule has 11 heteroatoms. The van der Waals surface area contributed by atoms with Crippen LogP contribution in [0, 0.1) is 0 Å². The third kappa shape index (κ3) is 4.80. The molecular formula is C23H27N3O7S. The molecule has 182 valence electrons. The minimum Gasteiger partial charge on any atom is -0.454 e. The van der Waals surface area contributed by atoms with Gasteiger partial charge in [0.25, 0.3) is 5.91 Å². The number of esters is 1. The van der Waals surface area contributed by atoms with E-state index in [2.05, 4.69) is 5.32 Å². The van der Waals surface area contributed by atoms with Crippen LogP contribution in [0.25, 0.3) is 0 Å². The van der Waals surface area contributed by atoms with E-state index >= 15 is 0 Å². The van der Waals surface area contributed by atoms with Crippen LogP contribution in [0.3, 0.4) is 0 Å². The molecule has 2 aliphatic rings. The standard InChI is InChI=1S/C23H27N3O7S/c1-15(22(27)24-16-6-9-20-21(12-16)32-14-31-20)33-23(28)18-13-17(34(29,30)25(2)3)7-8-19(18)26-10-4-5-11-26/h6-9,12-13,15H,4-5,10-11,14H2,1-3H3,(H,24,27)/t15-/m0/s1. The van der Waals surface area contributed by atoms with Crippen molar-refractivity contribution in [3.8, 4) is 11.5 Å². The second-order valence-corrected chi connectivity index (χ2v) is 10.4. The first kappa shape index (κ1) is 23.8. The van der Waals surface area contributed by atoms with Gasteiger partial charge in [-0.05, 0) is 50.1 Å². The van der Waals surface area contributed by atoms with Crippen LogP contribution < -0.4 is 19.7 Å². The molecule has 1 amide bonds. The molecule has 0 aromatic heterocycles. The third-order valence-electron chi connectivity index (χ3n) is 5.71. The first-order chi connectivity index (χ1) is 16.2. The Morgan fingerprint density at radius 1 is 1.06 bits per heavy atom. The van der Waals surface area contributed by atoms with Gasteiger partial charge in [0.1, 0.15) is 0 Å². The van der Waals surface area contributed by atoms with Crippen molar-refractivity contribution >= 4 is 33.3 Å². The maximum absolute atomic E-state index is 13.1. The fraction of sp³-hybridized carbons (Fsp3) is 0.391. The molecule has 2 aromatic rings. The lowest BCUT2D eigenvalue weighted by Crippen LogP contribution is -2.31. The number of carbonyl (C=O) groups excluding carboxylic acids is 2. The molecule has 34 heavy (non-hydrogen) atoms. The van der Waals surface area contributed by atoms with Gasteiger partial charge in [-0.25, -0.2) is 17.5 Å². The highest BCUT2D eigenvalue weighted by Gasteiger charge is 2.27. The number of anilines is 2. The Bertz CT molecular complexity index is 1210. The van der Waals surface area contributed by atoms with E-state index in [0.717, 1.165) is 30.2 Å². The van der Waals surface area contributed by atoms with E-state index in [1.54, 1.807) is 24.3 Å². The second kappa shape index (κ2) is 9.51. The molecule has 0 saturated carbocycles. The number of carbonyl (C=O) groups is 2. The summed E-state index contributed by atoms with van der Waals surface area (Å²) >= 11 is 0. The van der Waals surface area contributed by atoms with Crippen LogP contribution in [0.4, 0.5) is 11.4 Å².